The van der Waals surface area contributed by atoms with Gasteiger partial charge in [-0.05, 0) is 25.0 Å². The molecule has 0 spiro atoms. The number of phenolic OH excluding ortho intramolecular Hbond substituents is 1. The molecule has 0 radical (unpaired) electrons. The lowest BCUT2D eigenvalue weighted by molar-refractivity contribution is 0.0347. The van der Waals surface area contributed by atoms with Crippen LogP contribution in [0.3, 0.4) is 0 Å². The first-order valence-electron chi connectivity index (χ1n) is 5.59. The number of hydrogen-bond acceptors (Lipinski definition) is 4. The fourth-order valence-electron chi connectivity index (χ4n) is 2.19. The van der Waals surface area contributed by atoms with Gasteiger partial charge in [-0.25, -0.2) is 0 Å². The van der Waals surface area contributed by atoms with E-state index in [0.717, 1.165) is 25.1 Å². The Balaban J connectivity index is 2.16. The van der Waals surface area contributed by atoms with Crippen molar-refractivity contribution in [3.63, 3.8) is 0 Å². The van der Waals surface area contributed by atoms with Crippen molar-refractivity contribution in [1.82, 2.24) is 0 Å². The molecule has 1 aliphatic rings. The highest BCUT2D eigenvalue weighted by atomic mass is 16.3. The Bertz CT molecular complexity index is 370. The summed E-state index contributed by atoms with van der Waals surface area (Å²) in [5.74, 6) is 0.249. The van der Waals surface area contributed by atoms with Crippen molar-refractivity contribution in [2.45, 2.75) is 18.4 Å². The monoisotopic (exact) mass is 222 g/mol. The number of piperidine rings is 1. The van der Waals surface area contributed by atoms with Gasteiger partial charge in [0.2, 0.25) is 0 Å². The van der Waals surface area contributed by atoms with Gasteiger partial charge in [-0.2, -0.15) is 0 Å². The van der Waals surface area contributed by atoms with Gasteiger partial charge in [-0.1, -0.05) is 6.07 Å². The smallest absolute Gasteiger partial charge is 0.117 e. The van der Waals surface area contributed by atoms with Crippen molar-refractivity contribution < 1.29 is 10.2 Å². The second-order valence-electron chi connectivity index (χ2n) is 4.47. The van der Waals surface area contributed by atoms with Crippen LogP contribution in [0, 0.1) is 0 Å². The van der Waals surface area contributed by atoms with Gasteiger partial charge in [-0.15, -0.1) is 0 Å². The van der Waals surface area contributed by atoms with Gasteiger partial charge in [0.15, 0.2) is 0 Å². The molecule has 1 unspecified atom stereocenters. The molecule has 4 heteroatoms. The number of aliphatic hydroxyl groups is 1. The summed E-state index contributed by atoms with van der Waals surface area (Å²) >= 11 is 0. The standard InChI is InChI=1S/C12H18N2O2/c13-8-12(16)5-2-6-14(9-12)10-3-1-4-11(15)7-10/h1,3-4,7,15-16H,2,5-6,8-9,13H2. The lowest BCUT2D eigenvalue weighted by Gasteiger charge is -2.39. The lowest BCUT2D eigenvalue weighted by atomic mass is 9.92. The summed E-state index contributed by atoms with van der Waals surface area (Å²) in [5.41, 5.74) is 5.73. The molecule has 1 heterocycles. The number of phenols is 1. The number of benzene rings is 1. The molecule has 0 bridgehead atoms. The summed E-state index contributed by atoms with van der Waals surface area (Å²) in [6.07, 6.45) is 1.67. The van der Waals surface area contributed by atoms with Crippen LogP contribution in [0.1, 0.15) is 12.8 Å². The fraction of sp³-hybridized carbons (Fsp3) is 0.500. The Kier molecular flexibility index (Phi) is 3.03. The molecule has 4 nitrogen and oxygen atoms in total. The summed E-state index contributed by atoms with van der Waals surface area (Å²) < 4.78 is 0. The molecule has 0 saturated carbocycles. The van der Waals surface area contributed by atoms with E-state index in [0.29, 0.717) is 6.54 Å². The van der Waals surface area contributed by atoms with Crippen LogP contribution in [-0.4, -0.2) is 35.4 Å². The van der Waals surface area contributed by atoms with E-state index < -0.39 is 5.60 Å². The zero-order chi connectivity index (χ0) is 11.6. The maximum Gasteiger partial charge on any atom is 0.117 e. The quantitative estimate of drug-likeness (QED) is 0.688. The first kappa shape index (κ1) is 11.2. The largest absolute Gasteiger partial charge is 0.508 e. The maximum absolute atomic E-state index is 10.2. The van der Waals surface area contributed by atoms with E-state index in [1.165, 1.54) is 0 Å². The topological polar surface area (TPSA) is 69.7 Å². The van der Waals surface area contributed by atoms with Crippen LogP contribution in [-0.2, 0) is 0 Å². The summed E-state index contributed by atoms with van der Waals surface area (Å²) in [7, 11) is 0. The first-order valence-corrected chi connectivity index (χ1v) is 5.59. The van der Waals surface area contributed by atoms with Crippen LogP contribution >= 0.6 is 0 Å². The predicted molar refractivity (Wildman–Crippen MR) is 63.6 cm³/mol. The van der Waals surface area contributed by atoms with Crippen molar-refractivity contribution in [2.24, 2.45) is 5.73 Å². The minimum Gasteiger partial charge on any atom is -0.508 e. The van der Waals surface area contributed by atoms with Crippen LogP contribution in [0.5, 0.6) is 5.75 Å². The van der Waals surface area contributed by atoms with Crippen LogP contribution < -0.4 is 10.6 Å². The first-order chi connectivity index (χ1) is 7.63. The van der Waals surface area contributed by atoms with Crippen LogP contribution in [0.4, 0.5) is 5.69 Å². The zero-order valence-electron chi connectivity index (χ0n) is 9.26. The third kappa shape index (κ3) is 2.28. The Morgan fingerprint density at radius 2 is 2.25 bits per heavy atom. The van der Waals surface area contributed by atoms with E-state index in [4.69, 9.17) is 5.73 Å². The van der Waals surface area contributed by atoms with Crippen molar-refractivity contribution in [3.8, 4) is 5.75 Å². The van der Waals surface area contributed by atoms with Crippen LogP contribution in [0.25, 0.3) is 0 Å². The number of aromatic hydroxyl groups is 1. The molecule has 1 aromatic rings. The lowest BCUT2D eigenvalue weighted by Crippen LogP contribution is -2.52. The number of rotatable bonds is 2. The molecule has 0 aliphatic carbocycles. The second kappa shape index (κ2) is 4.31. The average Bonchev–Trinajstić information content (AvgIpc) is 2.29. The van der Waals surface area contributed by atoms with Gasteiger partial charge in [0, 0.05) is 31.4 Å². The zero-order valence-corrected chi connectivity index (χ0v) is 9.26. The molecule has 16 heavy (non-hydrogen) atoms. The van der Waals surface area contributed by atoms with E-state index in [2.05, 4.69) is 4.90 Å². The van der Waals surface area contributed by atoms with Gasteiger partial charge >= 0.3 is 0 Å². The summed E-state index contributed by atoms with van der Waals surface area (Å²) in [6.45, 7) is 1.71. The van der Waals surface area contributed by atoms with E-state index in [1.54, 1.807) is 18.2 Å². The molecule has 1 fully saturated rings. The molecule has 0 aromatic heterocycles. The molecule has 0 amide bonds. The van der Waals surface area contributed by atoms with Crippen molar-refractivity contribution in [1.29, 1.82) is 0 Å². The number of β-amino-alcohol motifs (C(OH)–C–C–N with tert-alkyl or cyclic N) is 1. The minimum atomic E-state index is -0.788. The summed E-state index contributed by atoms with van der Waals surface area (Å²) in [6, 6.07) is 7.09. The molecule has 1 aliphatic heterocycles. The van der Waals surface area contributed by atoms with Crippen LogP contribution in [0.15, 0.2) is 24.3 Å². The maximum atomic E-state index is 10.2. The SMILES string of the molecule is NCC1(O)CCCN(c2cccc(O)c2)C1. The number of nitrogens with two attached hydrogens (primary N) is 1. The molecule has 88 valence electrons. The number of nitrogens with zero attached hydrogens (tertiary/aromatic N) is 1. The van der Waals surface area contributed by atoms with E-state index in [9.17, 15) is 10.2 Å². The van der Waals surface area contributed by atoms with Gasteiger partial charge in [0.05, 0.1) is 5.60 Å². The van der Waals surface area contributed by atoms with Gasteiger partial charge in [0.25, 0.3) is 0 Å². The third-order valence-corrected chi connectivity index (χ3v) is 3.13. The van der Waals surface area contributed by atoms with E-state index in [-0.39, 0.29) is 12.3 Å². The van der Waals surface area contributed by atoms with Crippen molar-refractivity contribution in [3.05, 3.63) is 24.3 Å². The Hall–Kier alpha value is -1.26. The highest BCUT2D eigenvalue weighted by Gasteiger charge is 2.31. The summed E-state index contributed by atoms with van der Waals surface area (Å²) in [4.78, 5) is 2.07. The molecule has 1 saturated heterocycles. The van der Waals surface area contributed by atoms with Gasteiger partial charge in [-0.3, -0.25) is 0 Å². The molecular weight excluding hydrogens is 204 g/mol. The minimum absolute atomic E-state index is 0.249. The fourth-order valence-corrected chi connectivity index (χ4v) is 2.19. The molecule has 1 atom stereocenters. The second-order valence-corrected chi connectivity index (χ2v) is 4.47. The Labute approximate surface area is 95.3 Å². The molecular formula is C12H18N2O2. The molecule has 2 rings (SSSR count). The normalized spacial score (nSPS) is 25.8. The van der Waals surface area contributed by atoms with Gasteiger partial charge in [0.1, 0.15) is 5.75 Å². The average molecular weight is 222 g/mol. The molecule has 1 aromatic carbocycles. The van der Waals surface area contributed by atoms with E-state index in [1.807, 2.05) is 6.07 Å². The highest BCUT2D eigenvalue weighted by Crippen LogP contribution is 2.27. The number of hydrogen-bond donors (Lipinski definition) is 3. The highest BCUT2D eigenvalue weighted by molar-refractivity contribution is 5.51. The predicted octanol–water partition coefficient (Wildman–Crippen LogP) is 0.682. The van der Waals surface area contributed by atoms with E-state index >= 15 is 0 Å². The van der Waals surface area contributed by atoms with Crippen LogP contribution in [0.2, 0.25) is 0 Å². The third-order valence-electron chi connectivity index (χ3n) is 3.13. The number of anilines is 1. The Morgan fingerprint density at radius 1 is 1.44 bits per heavy atom. The molecule has 4 N–H and O–H groups in total. The van der Waals surface area contributed by atoms with Gasteiger partial charge < -0.3 is 20.8 Å². The van der Waals surface area contributed by atoms with Crippen molar-refractivity contribution in [2.75, 3.05) is 24.5 Å². The summed E-state index contributed by atoms with van der Waals surface area (Å²) in [5, 5.41) is 19.6. The Morgan fingerprint density at radius 3 is 2.94 bits per heavy atom. The van der Waals surface area contributed by atoms with Crippen molar-refractivity contribution >= 4 is 5.69 Å².